The molecule has 2 aromatic rings. The summed E-state index contributed by atoms with van der Waals surface area (Å²) in [6.07, 6.45) is 1.31. The van der Waals surface area contributed by atoms with E-state index in [0.717, 1.165) is 11.3 Å². The molecule has 1 fully saturated rings. The summed E-state index contributed by atoms with van der Waals surface area (Å²) in [6, 6.07) is 17.1. The van der Waals surface area contributed by atoms with Crippen LogP contribution in [0.3, 0.4) is 0 Å². The number of hydrogen-bond acceptors (Lipinski definition) is 4. The Morgan fingerprint density at radius 1 is 1.00 bits per heavy atom. The van der Waals surface area contributed by atoms with Crippen LogP contribution < -0.4 is 4.74 Å². The standard InChI is InChI=1S/C21H23NO4/c1-25-21(24)18-11-13-22(14-12-18)20(23)17-9-7-16(8-10-17)15-26-19-5-3-2-4-6-19/h2-10,18H,11-15H2,1H3. The molecule has 26 heavy (non-hydrogen) atoms. The molecule has 1 saturated heterocycles. The largest absolute Gasteiger partial charge is 0.489 e. The summed E-state index contributed by atoms with van der Waals surface area (Å²) < 4.78 is 10.5. The molecule has 5 nitrogen and oxygen atoms in total. The molecule has 1 heterocycles. The van der Waals surface area contributed by atoms with E-state index in [-0.39, 0.29) is 17.8 Å². The minimum atomic E-state index is -0.181. The van der Waals surface area contributed by atoms with E-state index >= 15 is 0 Å². The van der Waals surface area contributed by atoms with Gasteiger partial charge >= 0.3 is 5.97 Å². The van der Waals surface area contributed by atoms with Crippen molar-refractivity contribution in [3.05, 3.63) is 65.7 Å². The highest BCUT2D eigenvalue weighted by atomic mass is 16.5. The fourth-order valence-corrected chi connectivity index (χ4v) is 3.09. The molecule has 0 radical (unpaired) electrons. The third-order valence-electron chi connectivity index (χ3n) is 4.67. The van der Waals surface area contributed by atoms with Crippen molar-refractivity contribution >= 4 is 11.9 Å². The van der Waals surface area contributed by atoms with E-state index in [1.165, 1.54) is 7.11 Å². The van der Waals surface area contributed by atoms with E-state index in [9.17, 15) is 9.59 Å². The van der Waals surface area contributed by atoms with Crippen LogP contribution in [0.25, 0.3) is 0 Å². The number of piperidine rings is 1. The number of nitrogens with zero attached hydrogens (tertiary/aromatic N) is 1. The predicted molar refractivity (Wildman–Crippen MR) is 97.9 cm³/mol. The molecule has 0 atom stereocenters. The fraction of sp³-hybridized carbons (Fsp3) is 0.333. The number of carbonyl (C=O) groups is 2. The summed E-state index contributed by atoms with van der Waals surface area (Å²) in [5.74, 6) is 0.548. The zero-order valence-corrected chi connectivity index (χ0v) is 14.9. The normalized spacial score (nSPS) is 14.7. The van der Waals surface area contributed by atoms with Crippen LogP contribution in [0.4, 0.5) is 0 Å². The number of rotatable bonds is 5. The van der Waals surface area contributed by atoms with Crippen LogP contribution in [0.1, 0.15) is 28.8 Å². The van der Waals surface area contributed by atoms with Gasteiger partial charge in [0.15, 0.2) is 0 Å². The highest BCUT2D eigenvalue weighted by Gasteiger charge is 2.28. The lowest BCUT2D eigenvalue weighted by Crippen LogP contribution is -2.40. The van der Waals surface area contributed by atoms with E-state index in [0.29, 0.717) is 38.1 Å². The average molecular weight is 353 g/mol. The summed E-state index contributed by atoms with van der Waals surface area (Å²) in [5.41, 5.74) is 1.67. The SMILES string of the molecule is COC(=O)C1CCN(C(=O)c2ccc(COc3ccccc3)cc2)CC1. The predicted octanol–water partition coefficient (Wildman–Crippen LogP) is 3.29. The van der Waals surface area contributed by atoms with E-state index < -0.39 is 0 Å². The first-order chi connectivity index (χ1) is 12.7. The highest BCUT2D eigenvalue weighted by Crippen LogP contribution is 2.20. The number of ether oxygens (including phenoxy) is 2. The maximum absolute atomic E-state index is 12.6. The van der Waals surface area contributed by atoms with Crippen molar-refractivity contribution in [1.82, 2.24) is 4.90 Å². The molecule has 2 aromatic carbocycles. The maximum atomic E-state index is 12.6. The zero-order chi connectivity index (χ0) is 18.4. The van der Waals surface area contributed by atoms with Gasteiger partial charge in [-0.05, 0) is 42.7 Å². The molecule has 5 heteroatoms. The van der Waals surface area contributed by atoms with Gasteiger partial charge in [-0.3, -0.25) is 9.59 Å². The van der Waals surface area contributed by atoms with Crippen molar-refractivity contribution < 1.29 is 19.1 Å². The van der Waals surface area contributed by atoms with Gasteiger partial charge in [0.1, 0.15) is 12.4 Å². The highest BCUT2D eigenvalue weighted by molar-refractivity contribution is 5.94. The Hall–Kier alpha value is -2.82. The lowest BCUT2D eigenvalue weighted by atomic mass is 9.96. The topological polar surface area (TPSA) is 55.8 Å². The molecule has 136 valence electrons. The third-order valence-corrected chi connectivity index (χ3v) is 4.67. The summed E-state index contributed by atoms with van der Waals surface area (Å²) in [4.78, 5) is 26.0. The van der Waals surface area contributed by atoms with Crippen LogP contribution in [0.5, 0.6) is 5.75 Å². The first-order valence-corrected chi connectivity index (χ1v) is 8.81. The second kappa shape index (κ2) is 8.52. The van der Waals surface area contributed by atoms with Crippen molar-refractivity contribution in [2.45, 2.75) is 19.4 Å². The smallest absolute Gasteiger partial charge is 0.308 e. The Morgan fingerprint density at radius 3 is 2.27 bits per heavy atom. The Morgan fingerprint density at radius 2 is 1.65 bits per heavy atom. The van der Waals surface area contributed by atoms with Crippen LogP contribution >= 0.6 is 0 Å². The molecule has 0 saturated carbocycles. The van der Waals surface area contributed by atoms with E-state index in [1.807, 2.05) is 54.6 Å². The average Bonchev–Trinajstić information content (AvgIpc) is 2.72. The number of methoxy groups -OCH3 is 1. The van der Waals surface area contributed by atoms with Crippen LogP contribution in [-0.2, 0) is 16.1 Å². The Bertz CT molecular complexity index is 734. The molecule has 1 aliphatic rings. The second-order valence-corrected chi connectivity index (χ2v) is 6.39. The number of para-hydroxylation sites is 1. The number of esters is 1. The number of benzene rings is 2. The molecule has 1 aliphatic heterocycles. The van der Waals surface area contributed by atoms with Gasteiger partial charge < -0.3 is 14.4 Å². The number of hydrogen-bond donors (Lipinski definition) is 0. The Balaban J connectivity index is 1.53. The van der Waals surface area contributed by atoms with E-state index in [2.05, 4.69) is 0 Å². The minimum absolute atomic E-state index is 0.00356. The van der Waals surface area contributed by atoms with E-state index in [4.69, 9.17) is 9.47 Å². The Kier molecular flexibility index (Phi) is 5.89. The molecular weight excluding hydrogens is 330 g/mol. The molecule has 0 aromatic heterocycles. The van der Waals surface area contributed by atoms with Crippen molar-refractivity contribution in [2.75, 3.05) is 20.2 Å². The molecular formula is C21H23NO4. The molecule has 0 bridgehead atoms. The molecule has 1 amide bonds. The van der Waals surface area contributed by atoms with Crippen LogP contribution in [0, 0.1) is 5.92 Å². The molecule has 3 rings (SSSR count). The van der Waals surface area contributed by atoms with Gasteiger partial charge in [0.25, 0.3) is 5.91 Å². The lowest BCUT2D eigenvalue weighted by molar-refractivity contribution is -0.146. The van der Waals surface area contributed by atoms with Crippen LogP contribution in [-0.4, -0.2) is 37.0 Å². The molecule has 0 unspecified atom stereocenters. The summed E-state index contributed by atoms with van der Waals surface area (Å²) in [6.45, 7) is 1.62. The maximum Gasteiger partial charge on any atom is 0.308 e. The van der Waals surface area contributed by atoms with Gasteiger partial charge in [-0.2, -0.15) is 0 Å². The van der Waals surface area contributed by atoms with Crippen molar-refractivity contribution in [2.24, 2.45) is 5.92 Å². The first-order valence-electron chi connectivity index (χ1n) is 8.81. The number of amides is 1. The third kappa shape index (κ3) is 4.42. The summed E-state index contributed by atoms with van der Waals surface area (Å²) in [5, 5.41) is 0. The monoisotopic (exact) mass is 353 g/mol. The summed E-state index contributed by atoms with van der Waals surface area (Å²) >= 11 is 0. The van der Waals surface area contributed by atoms with Gasteiger partial charge in [0.05, 0.1) is 13.0 Å². The fourth-order valence-electron chi connectivity index (χ4n) is 3.09. The Labute approximate surface area is 153 Å². The molecule has 0 aliphatic carbocycles. The van der Waals surface area contributed by atoms with E-state index in [1.54, 1.807) is 4.90 Å². The van der Waals surface area contributed by atoms with Crippen LogP contribution in [0.15, 0.2) is 54.6 Å². The lowest BCUT2D eigenvalue weighted by Gasteiger charge is -2.30. The molecule has 0 N–H and O–H groups in total. The van der Waals surface area contributed by atoms with Gasteiger partial charge in [-0.1, -0.05) is 30.3 Å². The molecule has 0 spiro atoms. The van der Waals surface area contributed by atoms with Gasteiger partial charge in [-0.25, -0.2) is 0 Å². The van der Waals surface area contributed by atoms with Gasteiger partial charge in [0.2, 0.25) is 0 Å². The number of carbonyl (C=O) groups excluding carboxylic acids is 2. The van der Waals surface area contributed by atoms with Gasteiger partial charge in [0, 0.05) is 18.7 Å². The second-order valence-electron chi connectivity index (χ2n) is 6.39. The van der Waals surface area contributed by atoms with Crippen molar-refractivity contribution in [3.63, 3.8) is 0 Å². The zero-order valence-electron chi connectivity index (χ0n) is 14.9. The van der Waals surface area contributed by atoms with Crippen LogP contribution in [0.2, 0.25) is 0 Å². The summed E-state index contributed by atoms with van der Waals surface area (Å²) in [7, 11) is 1.41. The van der Waals surface area contributed by atoms with Crippen molar-refractivity contribution in [3.8, 4) is 5.75 Å². The minimum Gasteiger partial charge on any atom is -0.489 e. The quantitative estimate of drug-likeness (QED) is 0.774. The first kappa shape index (κ1) is 18.0. The van der Waals surface area contributed by atoms with Gasteiger partial charge in [-0.15, -0.1) is 0 Å². The van der Waals surface area contributed by atoms with Crippen molar-refractivity contribution in [1.29, 1.82) is 0 Å². The number of likely N-dealkylation sites (tertiary alicyclic amines) is 1.